The van der Waals surface area contributed by atoms with Crippen molar-refractivity contribution in [3.63, 3.8) is 0 Å². The Morgan fingerprint density at radius 1 is 1.53 bits per heavy atom. The number of nitrogens with zero attached hydrogens (tertiary/aromatic N) is 1. The molecule has 2 heterocycles. The summed E-state index contributed by atoms with van der Waals surface area (Å²) >= 11 is 5.61. The van der Waals surface area contributed by atoms with Gasteiger partial charge < -0.3 is 19.3 Å². The van der Waals surface area contributed by atoms with Crippen LogP contribution < -0.4 is 5.73 Å². The van der Waals surface area contributed by atoms with Gasteiger partial charge >= 0.3 is 5.97 Å². The molecule has 0 aliphatic rings. The van der Waals surface area contributed by atoms with E-state index in [2.05, 4.69) is 4.98 Å². The van der Waals surface area contributed by atoms with E-state index in [1.807, 2.05) is 0 Å². The maximum absolute atomic E-state index is 11.4. The molecule has 2 rings (SSSR count). The molecule has 0 aliphatic heterocycles. The first-order chi connectivity index (χ1) is 8.11. The number of esters is 1. The van der Waals surface area contributed by atoms with Gasteiger partial charge in [0.1, 0.15) is 0 Å². The summed E-state index contributed by atoms with van der Waals surface area (Å²) in [5.41, 5.74) is 5.44. The number of rotatable bonds is 3. The highest BCUT2D eigenvalue weighted by Gasteiger charge is 2.21. The van der Waals surface area contributed by atoms with Crippen molar-refractivity contribution >= 4 is 23.5 Å². The Morgan fingerprint density at radius 2 is 2.29 bits per heavy atom. The summed E-state index contributed by atoms with van der Waals surface area (Å²) in [6, 6.07) is 3.09. The van der Waals surface area contributed by atoms with Crippen LogP contribution in [0, 0.1) is 0 Å². The SMILES string of the molecule is CCOC(=O)c1nc(-c2ccc(Cl)o2)oc1N. The second kappa shape index (κ2) is 4.50. The van der Waals surface area contributed by atoms with Gasteiger partial charge in [-0.1, -0.05) is 0 Å². The number of hydrogen-bond donors (Lipinski definition) is 1. The van der Waals surface area contributed by atoms with Gasteiger partial charge in [0, 0.05) is 0 Å². The van der Waals surface area contributed by atoms with Gasteiger partial charge in [-0.15, -0.1) is 0 Å². The fraction of sp³-hybridized carbons (Fsp3) is 0.200. The Bertz CT molecular complexity index is 546. The highest BCUT2D eigenvalue weighted by atomic mass is 35.5. The summed E-state index contributed by atoms with van der Waals surface area (Å²) < 4.78 is 14.9. The Hall–Kier alpha value is -1.95. The van der Waals surface area contributed by atoms with Crippen LogP contribution in [0.5, 0.6) is 0 Å². The van der Waals surface area contributed by atoms with Gasteiger partial charge in [0.15, 0.2) is 11.0 Å². The van der Waals surface area contributed by atoms with Crippen LogP contribution >= 0.6 is 11.6 Å². The van der Waals surface area contributed by atoms with E-state index in [9.17, 15) is 4.79 Å². The third-order valence-electron chi connectivity index (χ3n) is 1.91. The minimum atomic E-state index is -0.641. The fourth-order valence-electron chi connectivity index (χ4n) is 1.21. The molecule has 0 fully saturated rings. The van der Waals surface area contributed by atoms with Crippen molar-refractivity contribution in [2.24, 2.45) is 0 Å². The molecule has 0 aliphatic carbocycles. The summed E-state index contributed by atoms with van der Waals surface area (Å²) in [7, 11) is 0. The van der Waals surface area contributed by atoms with E-state index in [1.54, 1.807) is 13.0 Å². The van der Waals surface area contributed by atoms with Crippen molar-refractivity contribution in [1.29, 1.82) is 0 Å². The van der Waals surface area contributed by atoms with Gasteiger partial charge in [0.05, 0.1) is 6.61 Å². The van der Waals surface area contributed by atoms with Crippen molar-refractivity contribution in [3.05, 3.63) is 23.0 Å². The molecule has 0 spiro atoms. The number of carbonyl (C=O) groups is 1. The lowest BCUT2D eigenvalue weighted by molar-refractivity contribution is 0.0521. The Morgan fingerprint density at radius 3 is 2.88 bits per heavy atom. The highest BCUT2D eigenvalue weighted by Crippen LogP contribution is 2.27. The maximum atomic E-state index is 11.4. The molecular weight excluding hydrogens is 248 g/mol. The van der Waals surface area contributed by atoms with Crippen molar-refractivity contribution in [2.75, 3.05) is 12.3 Å². The number of furan rings is 1. The van der Waals surface area contributed by atoms with Crippen LogP contribution in [0.4, 0.5) is 5.88 Å². The van der Waals surface area contributed by atoms with Crippen LogP contribution in [-0.4, -0.2) is 17.6 Å². The fourth-order valence-corrected chi connectivity index (χ4v) is 1.36. The molecule has 0 saturated heterocycles. The minimum absolute atomic E-state index is 0.0747. The summed E-state index contributed by atoms with van der Waals surface area (Å²) in [6.07, 6.45) is 0. The third-order valence-corrected chi connectivity index (χ3v) is 2.11. The number of aromatic nitrogens is 1. The van der Waals surface area contributed by atoms with Gasteiger partial charge in [-0.3, -0.25) is 0 Å². The van der Waals surface area contributed by atoms with E-state index in [1.165, 1.54) is 6.07 Å². The molecule has 2 aromatic heterocycles. The lowest BCUT2D eigenvalue weighted by atomic mass is 10.4. The normalized spacial score (nSPS) is 10.5. The highest BCUT2D eigenvalue weighted by molar-refractivity contribution is 6.28. The van der Waals surface area contributed by atoms with E-state index in [0.29, 0.717) is 0 Å². The number of nitrogens with two attached hydrogens (primary N) is 1. The van der Waals surface area contributed by atoms with E-state index in [4.69, 9.17) is 30.9 Å². The van der Waals surface area contributed by atoms with Gasteiger partial charge in [-0.25, -0.2) is 4.79 Å². The molecule has 2 aromatic rings. The molecule has 0 atom stereocenters. The molecule has 0 radical (unpaired) electrons. The predicted molar refractivity (Wildman–Crippen MR) is 59.6 cm³/mol. The first-order valence-electron chi connectivity index (χ1n) is 4.81. The molecule has 2 N–H and O–H groups in total. The van der Waals surface area contributed by atoms with E-state index >= 15 is 0 Å². The second-order valence-corrected chi connectivity index (χ2v) is 3.43. The average molecular weight is 257 g/mol. The van der Waals surface area contributed by atoms with E-state index in [0.717, 1.165) is 0 Å². The van der Waals surface area contributed by atoms with Gasteiger partial charge in [0.25, 0.3) is 5.89 Å². The first kappa shape index (κ1) is 11.5. The quantitative estimate of drug-likeness (QED) is 0.848. The summed E-state index contributed by atoms with van der Waals surface area (Å²) in [5, 5.41) is 0.189. The number of halogens is 1. The van der Waals surface area contributed by atoms with Crippen LogP contribution in [0.25, 0.3) is 11.7 Å². The monoisotopic (exact) mass is 256 g/mol. The number of nitrogen functional groups attached to an aromatic ring is 1. The van der Waals surface area contributed by atoms with Gasteiger partial charge in [0.2, 0.25) is 11.6 Å². The zero-order valence-corrected chi connectivity index (χ0v) is 9.65. The molecule has 17 heavy (non-hydrogen) atoms. The predicted octanol–water partition coefficient (Wildman–Crippen LogP) is 2.35. The van der Waals surface area contributed by atoms with Crippen LogP contribution in [0.3, 0.4) is 0 Å². The van der Waals surface area contributed by atoms with Crippen molar-refractivity contribution < 1.29 is 18.4 Å². The van der Waals surface area contributed by atoms with Gasteiger partial charge in [-0.2, -0.15) is 4.98 Å². The Kier molecular flexibility index (Phi) is 3.06. The lowest BCUT2D eigenvalue weighted by Gasteiger charge is -1.96. The topological polar surface area (TPSA) is 91.5 Å². The smallest absolute Gasteiger partial charge is 0.362 e. The number of hydrogen-bond acceptors (Lipinski definition) is 6. The van der Waals surface area contributed by atoms with Crippen LogP contribution in [0.15, 0.2) is 21.0 Å². The summed E-state index contributed by atoms with van der Waals surface area (Å²) in [5.74, 6) is -0.390. The molecule has 0 amide bonds. The zero-order valence-electron chi connectivity index (χ0n) is 8.90. The summed E-state index contributed by atoms with van der Waals surface area (Å²) in [4.78, 5) is 15.3. The number of anilines is 1. The Balaban J connectivity index is 2.33. The number of carbonyl (C=O) groups excluding carboxylic acids is 1. The first-order valence-corrected chi connectivity index (χ1v) is 5.18. The molecule has 0 bridgehead atoms. The zero-order chi connectivity index (χ0) is 12.4. The van der Waals surface area contributed by atoms with Crippen molar-refractivity contribution in [3.8, 4) is 11.7 Å². The number of oxazole rings is 1. The van der Waals surface area contributed by atoms with Crippen molar-refractivity contribution in [1.82, 2.24) is 4.98 Å². The Labute approximate surface area is 101 Å². The summed E-state index contributed by atoms with van der Waals surface area (Å²) in [6.45, 7) is 1.91. The third kappa shape index (κ3) is 2.26. The molecule has 0 saturated carbocycles. The minimum Gasteiger partial charge on any atom is -0.461 e. The van der Waals surface area contributed by atoms with E-state index < -0.39 is 5.97 Å². The number of ether oxygens (including phenoxy) is 1. The molecule has 0 unspecified atom stereocenters. The van der Waals surface area contributed by atoms with Crippen molar-refractivity contribution in [2.45, 2.75) is 6.92 Å². The molecule has 90 valence electrons. The van der Waals surface area contributed by atoms with Crippen LogP contribution in [0.2, 0.25) is 5.22 Å². The largest absolute Gasteiger partial charge is 0.461 e. The molecule has 0 aromatic carbocycles. The van der Waals surface area contributed by atoms with Gasteiger partial charge in [-0.05, 0) is 30.7 Å². The van der Waals surface area contributed by atoms with E-state index in [-0.39, 0.29) is 35.1 Å². The maximum Gasteiger partial charge on any atom is 0.362 e. The standard InChI is InChI=1S/C10H9ClN2O4/c1-2-15-10(14)7-8(12)17-9(13-7)5-3-4-6(11)16-5/h3-4H,2,12H2,1H3. The second-order valence-electron chi connectivity index (χ2n) is 3.06. The lowest BCUT2D eigenvalue weighted by Crippen LogP contribution is -2.07. The average Bonchev–Trinajstić information content (AvgIpc) is 2.85. The molecular formula is C10H9ClN2O4. The molecule has 6 nitrogen and oxygen atoms in total. The van der Waals surface area contributed by atoms with Crippen LogP contribution in [0.1, 0.15) is 17.4 Å². The van der Waals surface area contributed by atoms with Crippen LogP contribution in [-0.2, 0) is 4.74 Å². The molecule has 7 heteroatoms.